The molecule has 0 heterocycles. The van der Waals surface area contributed by atoms with E-state index in [9.17, 15) is 4.39 Å². The highest BCUT2D eigenvalue weighted by Crippen LogP contribution is 2.21. The van der Waals surface area contributed by atoms with Gasteiger partial charge in [-0.3, -0.25) is 5.32 Å². The lowest BCUT2D eigenvalue weighted by atomic mass is 10.1. The van der Waals surface area contributed by atoms with Gasteiger partial charge in [-0.15, -0.1) is 0 Å². The molecule has 0 amide bonds. The second-order valence-electron chi connectivity index (χ2n) is 3.26. The first-order valence-electron chi connectivity index (χ1n) is 4.88. The second-order valence-corrected chi connectivity index (χ2v) is 4.17. The van der Waals surface area contributed by atoms with Gasteiger partial charge in [0.2, 0.25) is 0 Å². The molecule has 0 spiro atoms. The summed E-state index contributed by atoms with van der Waals surface area (Å²) in [6, 6.07) is 5.78. The van der Waals surface area contributed by atoms with Crippen molar-refractivity contribution in [3.63, 3.8) is 0 Å². The zero-order chi connectivity index (χ0) is 12.0. The molecule has 0 aliphatic carbocycles. The first-order chi connectivity index (χ1) is 7.69. The predicted molar refractivity (Wildman–Crippen MR) is 62.2 cm³/mol. The molecule has 0 fully saturated rings. The van der Waals surface area contributed by atoms with Gasteiger partial charge in [-0.2, -0.15) is 5.26 Å². The van der Waals surface area contributed by atoms with Crippen LogP contribution in [0.5, 0.6) is 0 Å². The van der Waals surface area contributed by atoms with Crippen LogP contribution in [0.3, 0.4) is 0 Å². The third-order valence-electron chi connectivity index (χ3n) is 2.08. The Bertz CT molecular complexity index is 392. The van der Waals surface area contributed by atoms with E-state index in [2.05, 4.69) is 21.2 Å². The molecular formula is C11H12BrFN2O. The lowest BCUT2D eigenvalue weighted by Gasteiger charge is -2.12. The minimum atomic E-state index is -0.691. The van der Waals surface area contributed by atoms with E-state index < -0.39 is 11.9 Å². The summed E-state index contributed by atoms with van der Waals surface area (Å²) in [5.41, 5.74) is 0.315. The van der Waals surface area contributed by atoms with Crippen molar-refractivity contribution >= 4 is 15.9 Å². The number of benzene rings is 1. The van der Waals surface area contributed by atoms with E-state index in [-0.39, 0.29) is 6.61 Å². The Hall–Kier alpha value is -0.960. The van der Waals surface area contributed by atoms with E-state index >= 15 is 0 Å². The van der Waals surface area contributed by atoms with Crippen molar-refractivity contribution in [3.05, 3.63) is 34.1 Å². The smallest absolute Gasteiger partial charge is 0.129 e. The zero-order valence-corrected chi connectivity index (χ0v) is 10.2. The van der Waals surface area contributed by atoms with Gasteiger partial charge in [-0.25, -0.2) is 4.39 Å². The summed E-state index contributed by atoms with van der Waals surface area (Å²) < 4.78 is 14.2. The van der Waals surface area contributed by atoms with Crippen molar-refractivity contribution in [1.82, 2.24) is 5.32 Å². The fraction of sp³-hybridized carbons (Fsp3) is 0.364. The second kappa shape index (κ2) is 6.59. The molecule has 1 unspecified atom stereocenters. The molecule has 2 N–H and O–H groups in total. The van der Waals surface area contributed by atoms with Gasteiger partial charge in [-0.05, 0) is 31.2 Å². The van der Waals surface area contributed by atoms with Crippen LogP contribution >= 0.6 is 15.9 Å². The van der Waals surface area contributed by atoms with Crippen molar-refractivity contribution in [1.29, 1.82) is 5.26 Å². The van der Waals surface area contributed by atoms with Crippen LogP contribution in [-0.4, -0.2) is 18.3 Å². The molecular weight excluding hydrogens is 275 g/mol. The standard InChI is InChI=1S/C11H12BrFN2O/c12-8-2-3-10(13)9(6-8)11(7-14)15-4-1-5-16/h2-3,6,11,15-16H,1,4-5H2. The van der Waals surface area contributed by atoms with E-state index in [1.807, 2.05) is 6.07 Å². The molecule has 0 saturated heterocycles. The van der Waals surface area contributed by atoms with Crippen LogP contribution in [0.2, 0.25) is 0 Å². The molecule has 1 atom stereocenters. The summed E-state index contributed by atoms with van der Waals surface area (Å²) in [5, 5.41) is 20.4. The molecule has 1 aromatic carbocycles. The Morgan fingerprint density at radius 2 is 2.31 bits per heavy atom. The maximum atomic E-state index is 13.5. The molecule has 5 heteroatoms. The number of rotatable bonds is 5. The van der Waals surface area contributed by atoms with Crippen LogP contribution in [0, 0.1) is 17.1 Å². The molecule has 1 rings (SSSR count). The number of hydrogen-bond donors (Lipinski definition) is 2. The first kappa shape index (κ1) is 13.1. The minimum Gasteiger partial charge on any atom is -0.396 e. The Labute approximate surface area is 102 Å². The van der Waals surface area contributed by atoms with Gasteiger partial charge >= 0.3 is 0 Å². The summed E-state index contributed by atoms with van der Waals surface area (Å²) in [4.78, 5) is 0. The van der Waals surface area contributed by atoms with E-state index in [0.717, 1.165) is 4.47 Å². The van der Waals surface area contributed by atoms with Gasteiger partial charge in [0.05, 0.1) is 6.07 Å². The molecule has 0 saturated carbocycles. The highest BCUT2D eigenvalue weighted by atomic mass is 79.9. The quantitative estimate of drug-likeness (QED) is 0.816. The van der Waals surface area contributed by atoms with Crippen molar-refractivity contribution < 1.29 is 9.50 Å². The summed E-state index contributed by atoms with van der Waals surface area (Å²) in [6.07, 6.45) is 0.536. The van der Waals surface area contributed by atoms with E-state index in [1.165, 1.54) is 6.07 Å². The largest absolute Gasteiger partial charge is 0.396 e. The number of halogens is 2. The fourth-order valence-corrected chi connectivity index (χ4v) is 1.67. The Balaban J connectivity index is 2.79. The minimum absolute atomic E-state index is 0.0477. The van der Waals surface area contributed by atoms with Gasteiger partial charge in [0.15, 0.2) is 0 Å². The number of nitriles is 1. The normalized spacial score (nSPS) is 12.1. The van der Waals surface area contributed by atoms with Crippen LogP contribution in [0.1, 0.15) is 18.0 Å². The number of hydrogen-bond acceptors (Lipinski definition) is 3. The first-order valence-corrected chi connectivity index (χ1v) is 5.67. The third kappa shape index (κ3) is 3.56. The van der Waals surface area contributed by atoms with Crippen LogP contribution in [0.25, 0.3) is 0 Å². The number of aliphatic hydroxyl groups is 1. The lowest BCUT2D eigenvalue weighted by molar-refractivity contribution is 0.285. The van der Waals surface area contributed by atoms with Crippen LogP contribution < -0.4 is 5.32 Å². The third-order valence-corrected chi connectivity index (χ3v) is 2.57. The van der Waals surface area contributed by atoms with Gasteiger partial charge in [0.25, 0.3) is 0 Å². The SMILES string of the molecule is N#CC(NCCCO)c1cc(Br)ccc1F. The predicted octanol–water partition coefficient (Wildman–Crippen LogP) is 2.12. The highest BCUT2D eigenvalue weighted by Gasteiger charge is 2.14. The molecule has 0 aliphatic rings. The number of nitrogens with zero attached hydrogens (tertiary/aromatic N) is 1. The topological polar surface area (TPSA) is 56.0 Å². The zero-order valence-electron chi connectivity index (χ0n) is 8.58. The Morgan fingerprint density at radius 3 is 2.94 bits per heavy atom. The average molecular weight is 287 g/mol. The lowest BCUT2D eigenvalue weighted by Crippen LogP contribution is -2.22. The van der Waals surface area contributed by atoms with Crippen LogP contribution in [-0.2, 0) is 0 Å². The summed E-state index contributed by atoms with van der Waals surface area (Å²) >= 11 is 3.23. The molecule has 1 aromatic rings. The monoisotopic (exact) mass is 286 g/mol. The van der Waals surface area contributed by atoms with Gasteiger partial charge in [0.1, 0.15) is 11.9 Å². The van der Waals surface area contributed by atoms with Crippen molar-refractivity contribution in [2.75, 3.05) is 13.2 Å². The number of nitrogens with one attached hydrogen (secondary N) is 1. The molecule has 3 nitrogen and oxygen atoms in total. The maximum absolute atomic E-state index is 13.5. The Kier molecular flexibility index (Phi) is 5.39. The molecule has 0 radical (unpaired) electrons. The van der Waals surface area contributed by atoms with Crippen molar-refractivity contribution in [2.45, 2.75) is 12.5 Å². The van der Waals surface area contributed by atoms with E-state index in [0.29, 0.717) is 18.5 Å². The van der Waals surface area contributed by atoms with Gasteiger partial charge < -0.3 is 5.11 Å². The van der Waals surface area contributed by atoms with E-state index in [1.54, 1.807) is 12.1 Å². The van der Waals surface area contributed by atoms with E-state index in [4.69, 9.17) is 10.4 Å². The molecule has 0 aromatic heterocycles. The number of aliphatic hydroxyl groups excluding tert-OH is 1. The molecule has 0 bridgehead atoms. The summed E-state index contributed by atoms with van der Waals surface area (Å²) in [7, 11) is 0. The average Bonchev–Trinajstić information content (AvgIpc) is 2.28. The van der Waals surface area contributed by atoms with Crippen molar-refractivity contribution in [3.8, 4) is 6.07 Å². The summed E-state index contributed by atoms with van der Waals surface area (Å²) in [6.45, 7) is 0.521. The molecule has 86 valence electrons. The summed E-state index contributed by atoms with van der Waals surface area (Å²) in [5.74, 6) is -0.411. The molecule has 16 heavy (non-hydrogen) atoms. The maximum Gasteiger partial charge on any atom is 0.129 e. The molecule has 0 aliphatic heterocycles. The fourth-order valence-electron chi connectivity index (χ4n) is 1.29. The van der Waals surface area contributed by atoms with Crippen molar-refractivity contribution in [2.24, 2.45) is 0 Å². The van der Waals surface area contributed by atoms with Gasteiger partial charge in [-0.1, -0.05) is 15.9 Å². The van der Waals surface area contributed by atoms with Crippen LogP contribution in [0.4, 0.5) is 4.39 Å². The van der Waals surface area contributed by atoms with Gasteiger partial charge in [0, 0.05) is 16.6 Å². The Morgan fingerprint density at radius 1 is 1.56 bits per heavy atom. The highest BCUT2D eigenvalue weighted by molar-refractivity contribution is 9.10. The van der Waals surface area contributed by atoms with Crippen LogP contribution in [0.15, 0.2) is 22.7 Å².